The summed E-state index contributed by atoms with van der Waals surface area (Å²) < 4.78 is 23.7. The largest absolute Gasteiger partial charge is 0.321 e. The first-order chi connectivity index (χ1) is 9.42. The molecule has 4 rings (SSSR count). The fourth-order valence-electron chi connectivity index (χ4n) is 3.44. The predicted octanol–water partition coefficient (Wildman–Crippen LogP) is 0.537. The van der Waals surface area contributed by atoms with Gasteiger partial charge in [0.15, 0.2) is 9.84 Å². The third-order valence-corrected chi connectivity index (χ3v) is 6.82. The van der Waals surface area contributed by atoms with E-state index in [4.69, 9.17) is 5.73 Å². The van der Waals surface area contributed by atoms with Gasteiger partial charge in [0, 0.05) is 11.2 Å². The van der Waals surface area contributed by atoms with Crippen molar-refractivity contribution in [3.05, 3.63) is 29.8 Å². The molecule has 2 heterocycles. The molecule has 2 bridgehead atoms. The summed E-state index contributed by atoms with van der Waals surface area (Å²) in [5.41, 5.74) is 7.72. The van der Waals surface area contributed by atoms with Crippen LogP contribution in [-0.2, 0) is 20.2 Å². The van der Waals surface area contributed by atoms with Crippen molar-refractivity contribution in [1.29, 1.82) is 0 Å². The number of anilines is 1. The minimum absolute atomic E-state index is 0.0787. The first-order valence-electron chi connectivity index (χ1n) is 6.85. The molecule has 1 aliphatic carbocycles. The van der Waals surface area contributed by atoms with Crippen LogP contribution in [0.3, 0.4) is 0 Å². The van der Waals surface area contributed by atoms with E-state index < -0.39 is 15.1 Å². The van der Waals surface area contributed by atoms with Crippen molar-refractivity contribution in [1.82, 2.24) is 0 Å². The molecular weight excluding hydrogens is 276 g/mol. The summed E-state index contributed by atoms with van der Waals surface area (Å²) in [5.74, 6) is -0.201. The fraction of sp³-hybridized carbons (Fsp3) is 0.500. The van der Waals surface area contributed by atoms with Crippen molar-refractivity contribution < 1.29 is 13.2 Å². The lowest BCUT2D eigenvalue weighted by Crippen LogP contribution is -2.46. The van der Waals surface area contributed by atoms with E-state index >= 15 is 0 Å². The highest BCUT2D eigenvalue weighted by Gasteiger charge is 2.56. The van der Waals surface area contributed by atoms with Crippen LogP contribution in [0.4, 0.5) is 5.69 Å². The number of hydrogen-bond acceptors (Lipinski definition) is 4. The van der Waals surface area contributed by atoms with E-state index in [1.807, 2.05) is 24.3 Å². The smallest absolute Gasteiger partial charge is 0.245 e. The molecular formula is C14H16N2O3S. The SMILES string of the molecule is NC1(c2ccccc2N2C(=O)C3CC2CS3(=O)=O)CC1. The number of sulfone groups is 1. The van der Waals surface area contributed by atoms with Gasteiger partial charge in [-0.2, -0.15) is 0 Å². The molecule has 20 heavy (non-hydrogen) atoms. The Bertz CT molecular complexity index is 709. The van der Waals surface area contributed by atoms with Gasteiger partial charge in [0.05, 0.1) is 11.8 Å². The van der Waals surface area contributed by atoms with Crippen molar-refractivity contribution in [2.75, 3.05) is 10.7 Å². The Kier molecular flexibility index (Phi) is 2.24. The second-order valence-electron chi connectivity index (χ2n) is 6.09. The molecule has 1 aromatic rings. The molecule has 2 N–H and O–H groups in total. The number of amides is 1. The Morgan fingerprint density at radius 2 is 1.95 bits per heavy atom. The molecule has 2 aliphatic heterocycles. The molecule has 1 aromatic carbocycles. The van der Waals surface area contributed by atoms with E-state index in [0.29, 0.717) is 6.42 Å². The van der Waals surface area contributed by atoms with Crippen LogP contribution in [0.5, 0.6) is 0 Å². The van der Waals surface area contributed by atoms with Gasteiger partial charge < -0.3 is 10.6 Å². The van der Waals surface area contributed by atoms with Crippen molar-refractivity contribution in [3.8, 4) is 0 Å². The Hall–Kier alpha value is -1.40. The number of rotatable bonds is 2. The number of carbonyl (C=O) groups is 1. The predicted molar refractivity (Wildman–Crippen MR) is 75.0 cm³/mol. The number of carbonyl (C=O) groups excluding carboxylic acids is 1. The van der Waals surface area contributed by atoms with Gasteiger partial charge >= 0.3 is 0 Å². The summed E-state index contributed by atoms with van der Waals surface area (Å²) in [5, 5.41) is -0.839. The highest BCUT2D eigenvalue weighted by molar-refractivity contribution is 7.93. The molecule has 3 fully saturated rings. The van der Waals surface area contributed by atoms with Crippen LogP contribution in [0.15, 0.2) is 24.3 Å². The number of hydrogen-bond donors (Lipinski definition) is 1. The van der Waals surface area contributed by atoms with Crippen LogP contribution in [0.1, 0.15) is 24.8 Å². The molecule has 1 saturated carbocycles. The van der Waals surface area contributed by atoms with Gasteiger partial charge in [-0.25, -0.2) is 8.42 Å². The molecule has 2 saturated heterocycles. The zero-order chi connectivity index (χ0) is 14.1. The first kappa shape index (κ1) is 12.3. The Labute approximate surface area is 117 Å². The summed E-state index contributed by atoms with van der Waals surface area (Å²) in [4.78, 5) is 14.1. The highest BCUT2D eigenvalue weighted by Crippen LogP contribution is 2.48. The average Bonchev–Trinajstić information content (AvgIpc) is 2.95. The molecule has 0 aromatic heterocycles. The Morgan fingerprint density at radius 1 is 1.25 bits per heavy atom. The van der Waals surface area contributed by atoms with E-state index in [0.717, 1.165) is 24.1 Å². The van der Waals surface area contributed by atoms with E-state index in [9.17, 15) is 13.2 Å². The average molecular weight is 292 g/mol. The normalized spacial score (nSPS) is 32.6. The minimum Gasteiger partial charge on any atom is -0.321 e. The number of nitrogens with zero attached hydrogens (tertiary/aromatic N) is 1. The van der Waals surface area contributed by atoms with Crippen LogP contribution in [0.25, 0.3) is 0 Å². The lowest BCUT2D eigenvalue weighted by Gasteiger charge is -2.30. The minimum atomic E-state index is -3.23. The van der Waals surface area contributed by atoms with Crippen LogP contribution < -0.4 is 10.6 Å². The van der Waals surface area contributed by atoms with E-state index in [1.165, 1.54) is 0 Å². The summed E-state index contributed by atoms with van der Waals surface area (Å²) >= 11 is 0. The van der Waals surface area contributed by atoms with Crippen molar-refractivity contribution >= 4 is 21.4 Å². The Morgan fingerprint density at radius 3 is 2.55 bits per heavy atom. The zero-order valence-electron chi connectivity index (χ0n) is 11.0. The summed E-state index contributed by atoms with van der Waals surface area (Å²) in [6.07, 6.45) is 2.25. The van der Waals surface area contributed by atoms with Gasteiger partial charge in [-0.1, -0.05) is 18.2 Å². The van der Waals surface area contributed by atoms with Gasteiger partial charge in [0.1, 0.15) is 5.25 Å². The molecule has 1 amide bonds. The fourth-order valence-corrected chi connectivity index (χ4v) is 5.43. The van der Waals surface area contributed by atoms with Crippen molar-refractivity contribution in [3.63, 3.8) is 0 Å². The second-order valence-corrected chi connectivity index (χ2v) is 8.32. The summed E-state index contributed by atoms with van der Waals surface area (Å²) in [7, 11) is -3.23. The van der Waals surface area contributed by atoms with Gasteiger partial charge in [0.2, 0.25) is 5.91 Å². The lowest BCUT2D eigenvalue weighted by atomic mass is 10.0. The standard InChI is InChI=1S/C14H16N2O3S/c15-14(5-6-14)10-3-1-2-4-11(10)16-9-7-12(13(16)17)20(18,19)8-9/h1-4,9,12H,5-8,15H2. The van der Waals surface area contributed by atoms with Crippen LogP contribution in [0, 0.1) is 0 Å². The van der Waals surface area contributed by atoms with Gasteiger partial charge in [-0.05, 0) is 30.9 Å². The van der Waals surface area contributed by atoms with Crippen molar-refractivity contribution in [2.45, 2.75) is 36.1 Å². The quantitative estimate of drug-likeness (QED) is 0.862. The second kappa shape index (κ2) is 3.62. The number of para-hydroxylation sites is 1. The third-order valence-electron chi connectivity index (χ3n) is 4.71. The van der Waals surface area contributed by atoms with Gasteiger partial charge in [0.25, 0.3) is 0 Å². The number of nitrogens with two attached hydrogens (primary N) is 1. The summed E-state index contributed by atoms with van der Waals surface area (Å²) in [6.45, 7) is 0. The molecule has 0 spiro atoms. The molecule has 6 heteroatoms. The zero-order valence-corrected chi connectivity index (χ0v) is 11.8. The highest BCUT2D eigenvalue weighted by atomic mass is 32.2. The van der Waals surface area contributed by atoms with Crippen molar-refractivity contribution in [2.24, 2.45) is 5.73 Å². The monoisotopic (exact) mass is 292 g/mol. The Balaban J connectivity index is 1.79. The van der Waals surface area contributed by atoms with Crippen LogP contribution >= 0.6 is 0 Å². The van der Waals surface area contributed by atoms with Crippen LogP contribution in [-0.4, -0.2) is 31.4 Å². The third kappa shape index (κ3) is 1.52. The molecule has 3 aliphatic rings. The van der Waals surface area contributed by atoms with E-state index in [2.05, 4.69) is 0 Å². The topological polar surface area (TPSA) is 80.5 Å². The van der Waals surface area contributed by atoms with Crippen LogP contribution in [0.2, 0.25) is 0 Å². The summed E-state index contributed by atoms with van der Waals surface area (Å²) in [6, 6.07) is 7.41. The van der Waals surface area contributed by atoms with Gasteiger partial charge in [-0.3, -0.25) is 4.79 Å². The first-order valence-corrected chi connectivity index (χ1v) is 8.57. The molecule has 2 atom stereocenters. The molecule has 2 unspecified atom stereocenters. The van der Waals surface area contributed by atoms with E-state index in [1.54, 1.807) is 4.90 Å². The molecule has 5 nitrogen and oxygen atoms in total. The number of fused-ring (bicyclic) bond motifs is 2. The van der Waals surface area contributed by atoms with E-state index in [-0.39, 0.29) is 23.2 Å². The van der Waals surface area contributed by atoms with Gasteiger partial charge in [-0.15, -0.1) is 0 Å². The molecule has 106 valence electrons. The maximum atomic E-state index is 12.4. The maximum absolute atomic E-state index is 12.4. The maximum Gasteiger partial charge on any atom is 0.245 e. The lowest BCUT2D eigenvalue weighted by molar-refractivity contribution is -0.117. The number of benzene rings is 1. The molecule has 0 radical (unpaired) electrons.